The van der Waals surface area contributed by atoms with Crippen molar-refractivity contribution in [3.63, 3.8) is 0 Å². The van der Waals surface area contributed by atoms with Crippen molar-refractivity contribution in [3.05, 3.63) is 24.3 Å². The van der Waals surface area contributed by atoms with E-state index in [1.807, 2.05) is 30.5 Å². The molecule has 0 N–H and O–H groups in total. The van der Waals surface area contributed by atoms with Gasteiger partial charge in [0.1, 0.15) is 5.75 Å². The van der Waals surface area contributed by atoms with E-state index >= 15 is 0 Å². The van der Waals surface area contributed by atoms with Gasteiger partial charge in [0.05, 0.1) is 0 Å². The number of carbonyl (C=O) groups excluding carboxylic acids is 1. The first kappa shape index (κ1) is 11.1. The Morgan fingerprint density at radius 1 is 1.36 bits per heavy atom. The van der Waals surface area contributed by atoms with Crippen LogP contribution in [0.1, 0.15) is 13.8 Å². The molecule has 3 heteroatoms. The van der Waals surface area contributed by atoms with Gasteiger partial charge in [0.25, 0.3) is 0 Å². The van der Waals surface area contributed by atoms with Crippen LogP contribution in [-0.2, 0) is 4.79 Å². The summed E-state index contributed by atoms with van der Waals surface area (Å²) >= 11 is 1.61. The number of aldehydes is 1. The minimum Gasteiger partial charge on any atom is -0.479 e. The molecule has 0 fully saturated rings. The quantitative estimate of drug-likeness (QED) is 0.564. The van der Waals surface area contributed by atoms with Crippen LogP contribution in [0.5, 0.6) is 5.75 Å². The van der Waals surface area contributed by atoms with Crippen molar-refractivity contribution in [1.82, 2.24) is 0 Å². The molecule has 1 rings (SSSR count). The van der Waals surface area contributed by atoms with E-state index in [2.05, 4.69) is 0 Å². The summed E-state index contributed by atoms with van der Waals surface area (Å²) in [6.45, 7) is 3.49. The van der Waals surface area contributed by atoms with Gasteiger partial charge in [0, 0.05) is 4.90 Å². The van der Waals surface area contributed by atoms with Crippen LogP contribution >= 0.6 is 11.8 Å². The summed E-state index contributed by atoms with van der Waals surface area (Å²) in [6, 6.07) is 7.69. The van der Waals surface area contributed by atoms with Gasteiger partial charge in [-0.1, -0.05) is 12.1 Å². The van der Waals surface area contributed by atoms with E-state index in [1.54, 1.807) is 25.6 Å². The highest BCUT2D eigenvalue weighted by Gasteiger charge is 2.19. The highest BCUT2D eigenvalue weighted by atomic mass is 32.2. The van der Waals surface area contributed by atoms with E-state index in [0.29, 0.717) is 0 Å². The fraction of sp³-hybridized carbons (Fsp3) is 0.364. The third-order valence-electron chi connectivity index (χ3n) is 1.73. The number of rotatable bonds is 4. The molecule has 0 heterocycles. The molecule has 0 unspecified atom stereocenters. The maximum Gasteiger partial charge on any atom is 0.162 e. The van der Waals surface area contributed by atoms with E-state index in [1.165, 1.54) is 0 Å². The van der Waals surface area contributed by atoms with Crippen LogP contribution < -0.4 is 4.74 Å². The predicted octanol–water partition coefficient (Wildman–Crippen LogP) is 2.76. The molecule has 0 aliphatic carbocycles. The highest BCUT2D eigenvalue weighted by Crippen LogP contribution is 2.29. The number of thioether (sulfide) groups is 1. The van der Waals surface area contributed by atoms with Crippen molar-refractivity contribution in [3.8, 4) is 5.75 Å². The van der Waals surface area contributed by atoms with Crippen LogP contribution in [0.2, 0.25) is 0 Å². The second-order valence-corrected chi connectivity index (χ2v) is 4.32. The number of carbonyl (C=O) groups is 1. The van der Waals surface area contributed by atoms with Crippen molar-refractivity contribution in [2.24, 2.45) is 0 Å². The largest absolute Gasteiger partial charge is 0.479 e. The maximum absolute atomic E-state index is 10.7. The molecule has 0 bridgehead atoms. The zero-order valence-corrected chi connectivity index (χ0v) is 9.43. The smallest absolute Gasteiger partial charge is 0.162 e. The number of para-hydroxylation sites is 1. The Bertz CT molecular complexity index is 321. The Morgan fingerprint density at radius 2 is 2.00 bits per heavy atom. The molecular formula is C11H14O2S. The van der Waals surface area contributed by atoms with Gasteiger partial charge in [-0.15, -0.1) is 11.8 Å². The highest BCUT2D eigenvalue weighted by molar-refractivity contribution is 7.98. The summed E-state index contributed by atoms with van der Waals surface area (Å²) in [4.78, 5) is 11.7. The Labute approximate surface area is 88.7 Å². The molecule has 14 heavy (non-hydrogen) atoms. The predicted molar refractivity (Wildman–Crippen MR) is 59.0 cm³/mol. The Morgan fingerprint density at radius 3 is 2.57 bits per heavy atom. The normalized spacial score (nSPS) is 11.1. The minimum absolute atomic E-state index is 0.758. The van der Waals surface area contributed by atoms with Crippen molar-refractivity contribution in [2.75, 3.05) is 6.26 Å². The third-order valence-corrected chi connectivity index (χ3v) is 2.50. The zero-order chi connectivity index (χ0) is 10.6. The second kappa shape index (κ2) is 4.51. The summed E-state index contributed by atoms with van der Waals surface area (Å²) in [6.07, 6.45) is 2.79. The minimum atomic E-state index is -0.758. The van der Waals surface area contributed by atoms with E-state index in [0.717, 1.165) is 16.9 Å². The average molecular weight is 210 g/mol. The van der Waals surface area contributed by atoms with Gasteiger partial charge in [0.15, 0.2) is 11.9 Å². The first-order valence-corrected chi connectivity index (χ1v) is 5.60. The molecule has 0 radical (unpaired) electrons. The number of hydrogen-bond donors (Lipinski definition) is 0. The molecule has 1 aromatic rings. The summed E-state index contributed by atoms with van der Waals surface area (Å²) in [5.41, 5.74) is -0.758. The molecule has 0 atom stereocenters. The molecule has 2 nitrogen and oxygen atoms in total. The van der Waals surface area contributed by atoms with Gasteiger partial charge in [-0.3, -0.25) is 4.79 Å². The van der Waals surface area contributed by atoms with Gasteiger partial charge >= 0.3 is 0 Å². The van der Waals surface area contributed by atoms with Gasteiger partial charge in [0.2, 0.25) is 0 Å². The Kier molecular flexibility index (Phi) is 3.58. The van der Waals surface area contributed by atoms with Crippen molar-refractivity contribution < 1.29 is 9.53 Å². The summed E-state index contributed by atoms with van der Waals surface area (Å²) in [7, 11) is 0. The zero-order valence-electron chi connectivity index (χ0n) is 8.61. The van der Waals surface area contributed by atoms with Crippen LogP contribution in [-0.4, -0.2) is 18.1 Å². The van der Waals surface area contributed by atoms with Gasteiger partial charge < -0.3 is 4.74 Å². The van der Waals surface area contributed by atoms with E-state index in [4.69, 9.17) is 4.74 Å². The molecule has 1 aromatic carbocycles. The first-order chi connectivity index (χ1) is 6.59. The van der Waals surface area contributed by atoms with Gasteiger partial charge in [-0.2, -0.15) is 0 Å². The van der Waals surface area contributed by atoms with E-state index in [-0.39, 0.29) is 0 Å². The lowest BCUT2D eigenvalue weighted by atomic mass is 10.2. The summed E-state index contributed by atoms with van der Waals surface area (Å²) < 4.78 is 5.58. The number of hydrogen-bond acceptors (Lipinski definition) is 3. The molecular weight excluding hydrogens is 196 g/mol. The Balaban J connectivity index is 2.90. The van der Waals surface area contributed by atoms with Gasteiger partial charge in [-0.05, 0) is 32.2 Å². The van der Waals surface area contributed by atoms with Crippen molar-refractivity contribution >= 4 is 18.0 Å². The third kappa shape index (κ3) is 2.77. The molecule has 76 valence electrons. The lowest BCUT2D eigenvalue weighted by molar-refractivity contribution is -0.119. The fourth-order valence-corrected chi connectivity index (χ4v) is 1.54. The molecule has 0 amide bonds. The molecule has 0 spiro atoms. The van der Waals surface area contributed by atoms with Gasteiger partial charge in [-0.25, -0.2) is 0 Å². The lowest BCUT2D eigenvalue weighted by Crippen LogP contribution is -2.29. The molecule has 0 aliphatic heterocycles. The molecule has 0 saturated heterocycles. The van der Waals surface area contributed by atoms with Crippen LogP contribution in [0.25, 0.3) is 0 Å². The van der Waals surface area contributed by atoms with Crippen molar-refractivity contribution in [2.45, 2.75) is 24.3 Å². The topological polar surface area (TPSA) is 26.3 Å². The maximum atomic E-state index is 10.7. The average Bonchev–Trinajstić information content (AvgIpc) is 2.18. The van der Waals surface area contributed by atoms with Crippen LogP contribution in [0.3, 0.4) is 0 Å². The fourth-order valence-electron chi connectivity index (χ4n) is 1.01. The molecule has 0 aliphatic rings. The molecule has 0 aromatic heterocycles. The summed E-state index contributed by atoms with van der Waals surface area (Å²) in [5.74, 6) is 0.761. The standard InChI is InChI=1S/C11H14O2S/c1-11(2,8-12)13-9-6-4-5-7-10(9)14-3/h4-8H,1-3H3. The van der Waals surface area contributed by atoms with E-state index < -0.39 is 5.60 Å². The van der Waals surface area contributed by atoms with Crippen LogP contribution in [0.15, 0.2) is 29.2 Å². The number of ether oxygens (including phenoxy) is 1. The second-order valence-electron chi connectivity index (χ2n) is 3.47. The van der Waals surface area contributed by atoms with Crippen LogP contribution in [0.4, 0.5) is 0 Å². The number of benzene rings is 1. The molecule has 0 saturated carbocycles. The Hall–Kier alpha value is -0.960. The van der Waals surface area contributed by atoms with E-state index in [9.17, 15) is 4.79 Å². The SMILES string of the molecule is CSc1ccccc1OC(C)(C)C=O. The first-order valence-electron chi connectivity index (χ1n) is 4.37. The van der Waals surface area contributed by atoms with Crippen molar-refractivity contribution in [1.29, 1.82) is 0 Å². The monoisotopic (exact) mass is 210 g/mol. The summed E-state index contributed by atoms with van der Waals surface area (Å²) in [5, 5.41) is 0. The van der Waals surface area contributed by atoms with Crippen LogP contribution in [0, 0.1) is 0 Å². The lowest BCUT2D eigenvalue weighted by Gasteiger charge is -2.21.